The van der Waals surface area contributed by atoms with E-state index in [1.54, 1.807) is 11.3 Å². The van der Waals surface area contributed by atoms with E-state index in [0.717, 1.165) is 18.8 Å². The number of hydrogen-bond donors (Lipinski definition) is 1. The van der Waals surface area contributed by atoms with Crippen molar-refractivity contribution in [1.82, 2.24) is 15.1 Å². The Labute approximate surface area is 136 Å². The van der Waals surface area contributed by atoms with Crippen molar-refractivity contribution in [3.8, 4) is 0 Å². The maximum atomic E-state index is 4.84. The van der Waals surface area contributed by atoms with Gasteiger partial charge in [0.2, 0.25) is 0 Å². The van der Waals surface area contributed by atoms with Gasteiger partial charge in [0.05, 0.1) is 21.5 Å². The summed E-state index contributed by atoms with van der Waals surface area (Å²) in [7, 11) is 0. The van der Waals surface area contributed by atoms with Crippen molar-refractivity contribution in [3.05, 3.63) is 50.8 Å². The molecular weight excluding hydrogens is 346 g/mol. The standard InChI is InChI=1S/C16H16BrN3S/c17-16-8-7-12(21-16)10-20-15-4-2-1-3-13(15)14(19-20)9-18-11-5-6-11/h1-4,7-8,11,18H,5-6,9-10H2. The van der Waals surface area contributed by atoms with E-state index < -0.39 is 0 Å². The molecule has 4 rings (SSSR count). The van der Waals surface area contributed by atoms with E-state index in [2.05, 4.69) is 62.3 Å². The maximum Gasteiger partial charge on any atom is 0.0841 e. The first-order valence-corrected chi connectivity index (χ1v) is 8.82. The molecule has 2 heterocycles. The molecule has 2 aromatic heterocycles. The number of thiophene rings is 1. The number of benzene rings is 1. The summed E-state index contributed by atoms with van der Waals surface area (Å²) in [6, 6.07) is 13.5. The highest BCUT2D eigenvalue weighted by atomic mass is 79.9. The quantitative estimate of drug-likeness (QED) is 0.739. The summed E-state index contributed by atoms with van der Waals surface area (Å²) in [4.78, 5) is 1.32. The van der Waals surface area contributed by atoms with Gasteiger partial charge in [0, 0.05) is 22.8 Å². The zero-order chi connectivity index (χ0) is 14.2. The van der Waals surface area contributed by atoms with Crippen molar-refractivity contribution in [2.45, 2.75) is 32.0 Å². The number of nitrogens with one attached hydrogen (secondary N) is 1. The van der Waals surface area contributed by atoms with E-state index in [1.807, 2.05) is 0 Å². The highest BCUT2D eigenvalue weighted by Gasteiger charge is 2.21. The molecule has 0 saturated heterocycles. The normalized spacial score (nSPS) is 14.9. The lowest BCUT2D eigenvalue weighted by Gasteiger charge is -2.00. The van der Waals surface area contributed by atoms with Crippen LogP contribution in [-0.2, 0) is 13.1 Å². The average molecular weight is 362 g/mol. The molecule has 0 spiro atoms. The minimum atomic E-state index is 0.710. The molecule has 0 radical (unpaired) electrons. The third-order valence-electron chi connectivity index (χ3n) is 3.80. The molecule has 3 aromatic rings. The summed E-state index contributed by atoms with van der Waals surface area (Å²) in [5, 5.41) is 9.67. The predicted molar refractivity (Wildman–Crippen MR) is 90.7 cm³/mol. The second-order valence-electron chi connectivity index (χ2n) is 5.48. The second-order valence-corrected chi connectivity index (χ2v) is 8.03. The fourth-order valence-electron chi connectivity index (χ4n) is 2.56. The number of aromatic nitrogens is 2. The van der Waals surface area contributed by atoms with Crippen LogP contribution in [-0.4, -0.2) is 15.8 Å². The fourth-order valence-corrected chi connectivity index (χ4v) is 4.03. The molecule has 0 bridgehead atoms. The molecule has 5 heteroatoms. The summed E-state index contributed by atoms with van der Waals surface area (Å²) in [5.41, 5.74) is 2.38. The topological polar surface area (TPSA) is 29.9 Å². The molecule has 1 aliphatic rings. The minimum absolute atomic E-state index is 0.710. The van der Waals surface area contributed by atoms with Crippen LogP contribution in [0.4, 0.5) is 0 Å². The molecule has 1 N–H and O–H groups in total. The zero-order valence-corrected chi connectivity index (χ0v) is 14.0. The third kappa shape index (κ3) is 2.91. The van der Waals surface area contributed by atoms with E-state index in [9.17, 15) is 0 Å². The van der Waals surface area contributed by atoms with Gasteiger partial charge < -0.3 is 5.32 Å². The van der Waals surface area contributed by atoms with Crippen LogP contribution >= 0.6 is 27.3 Å². The van der Waals surface area contributed by atoms with E-state index in [0.29, 0.717) is 6.04 Å². The lowest BCUT2D eigenvalue weighted by Crippen LogP contribution is -2.16. The highest BCUT2D eigenvalue weighted by molar-refractivity contribution is 9.11. The number of hydrogen-bond acceptors (Lipinski definition) is 3. The Morgan fingerprint density at radius 3 is 2.86 bits per heavy atom. The molecule has 0 amide bonds. The van der Waals surface area contributed by atoms with Crippen molar-refractivity contribution in [2.24, 2.45) is 0 Å². The van der Waals surface area contributed by atoms with Gasteiger partial charge in [0.25, 0.3) is 0 Å². The number of halogens is 1. The highest BCUT2D eigenvalue weighted by Crippen LogP contribution is 2.26. The first-order valence-electron chi connectivity index (χ1n) is 7.21. The van der Waals surface area contributed by atoms with Crippen molar-refractivity contribution in [3.63, 3.8) is 0 Å². The lowest BCUT2D eigenvalue weighted by molar-refractivity contribution is 0.643. The fraction of sp³-hybridized carbons (Fsp3) is 0.312. The molecule has 0 atom stereocenters. The van der Waals surface area contributed by atoms with Crippen molar-refractivity contribution in [1.29, 1.82) is 0 Å². The Balaban J connectivity index is 1.66. The Morgan fingerprint density at radius 1 is 1.24 bits per heavy atom. The average Bonchev–Trinajstić information content (AvgIpc) is 3.15. The van der Waals surface area contributed by atoms with Crippen LogP contribution < -0.4 is 5.32 Å². The van der Waals surface area contributed by atoms with Crippen molar-refractivity contribution < 1.29 is 0 Å². The summed E-state index contributed by atoms with van der Waals surface area (Å²) in [5.74, 6) is 0. The van der Waals surface area contributed by atoms with Crippen LogP contribution in [0.25, 0.3) is 10.9 Å². The van der Waals surface area contributed by atoms with Gasteiger partial charge in [-0.2, -0.15) is 5.10 Å². The molecule has 0 unspecified atom stereocenters. The first-order chi connectivity index (χ1) is 10.3. The Bertz CT molecular complexity index is 773. The van der Waals surface area contributed by atoms with Gasteiger partial charge in [-0.25, -0.2) is 0 Å². The molecule has 1 aliphatic carbocycles. The number of fused-ring (bicyclic) bond motifs is 1. The van der Waals surface area contributed by atoms with Gasteiger partial charge >= 0.3 is 0 Å². The van der Waals surface area contributed by atoms with Gasteiger partial charge in [-0.15, -0.1) is 11.3 Å². The molecule has 3 nitrogen and oxygen atoms in total. The van der Waals surface area contributed by atoms with Gasteiger partial charge in [-0.1, -0.05) is 18.2 Å². The maximum absolute atomic E-state index is 4.84. The summed E-state index contributed by atoms with van der Waals surface area (Å²) < 4.78 is 3.29. The molecule has 0 aliphatic heterocycles. The third-order valence-corrected chi connectivity index (χ3v) is 5.41. The molecule has 21 heavy (non-hydrogen) atoms. The van der Waals surface area contributed by atoms with E-state index >= 15 is 0 Å². The smallest absolute Gasteiger partial charge is 0.0841 e. The Hall–Kier alpha value is -1.17. The van der Waals surface area contributed by atoms with Crippen LogP contribution in [0, 0.1) is 0 Å². The molecule has 108 valence electrons. The van der Waals surface area contributed by atoms with Crippen LogP contribution in [0.1, 0.15) is 23.4 Å². The number of para-hydroxylation sites is 1. The first kappa shape index (κ1) is 13.5. The predicted octanol–water partition coefficient (Wildman–Crippen LogP) is 4.16. The van der Waals surface area contributed by atoms with Crippen molar-refractivity contribution in [2.75, 3.05) is 0 Å². The lowest BCUT2D eigenvalue weighted by atomic mass is 10.2. The Morgan fingerprint density at radius 2 is 2.10 bits per heavy atom. The number of nitrogens with zero attached hydrogens (tertiary/aromatic N) is 2. The van der Waals surface area contributed by atoms with Crippen molar-refractivity contribution >= 4 is 38.2 Å². The SMILES string of the molecule is Brc1ccc(Cn2nc(CNC3CC3)c3ccccc32)s1. The van der Waals surface area contributed by atoms with Gasteiger partial charge in [-0.3, -0.25) is 4.68 Å². The summed E-state index contributed by atoms with van der Waals surface area (Å²) in [6.45, 7) is 1.70. The second kappa shape index (κ2) is 5.55. The van der Waals surface area contributed by atoms with E-state index in [-0.39, 0.29) is 0 Å². The van der Waals surface area contributed by atoms with E-state index in [1.165, 1.54) is 32.4 Å². The number of rotatable bonds is 5. The minimum Gasteiger partial charge on any atom is -0.308 e. The Kier molecular flexibility index (Phi) is 3.57. The van der Waals surface area contributed by atoms with E-state index in [4.69, 9.17) is 5.10 Å². The van der Waals surface area contributed by atoms with Gasteiger partial charge in [0.15, 0.2) is 0 Å². The molecular formula is C16H16BrN3S. The largest absolute Gasteiger partial charge is 0.308 e. The summed E-state index contributed by atoms with van der Waals surface area (Å²) in [6.07, 6.45) is 2.61. The summed E-state index contributed by atoms with van der Waals surface area (Å²) >= 11 is 5.30. The van der Waals surface area contributed by atoms with Crippen LogP contribution in [0.5, 0.6) is 0 Å². The molecule has 1 aromatic carbocycles. The monoisotopic (exact) mass is 361 g/mol. The molecule has 1 fully saturated rings. The zero-order valence-electron chi connectivity index (χ0n) is 11.6. The van der Waals surface area contributed by atoms with Gasteiger partial charge in [-0.05, 0) is 47.0 Å². The molecule has 1 saturated carbocycles. The van der Waals surface area contributed by atoms with Crippen LogP contribution in [0.2, 0.25) is 0 Å². The van der Waals surface area contributed by atoms with Crippen LogP contribution in [0.15, 0.2) is 40.2 Å². The van der Waals surface area contributed by atoms with Crippen LogP contribution in [0.3, 0.4) is 0 Å². The van der Waals surface area contributed by atoms with Gasteiger partial charge in [0.1, 0.15) is 0 Å².